The van der Waals surface area contributed by atoms with Crippen molar-refractivity contribution in [3.63, 3.8) is 0 Å². The molecule has 0 bridgehead atoms. The molecule has 0 radical (unpaired) electrons. The number of aliphatic hydroxyl groups is 1. The van der Waals surface area contributed by atoms with E-state index in [4.69, 9.17) is 9.47 Å². The van der Waals surface area contributed by atoms with Crippen LogP contribution in [0, 0.1) is 0 Å². The molecule has 1 amide bonds. The summed E-state index contributed by atoms with van der Waals surface area (Å²) in [5.74, 6) is -0.544. The van der Waals surface area contributed by atoms with E-state index in [9.17, 15) is 14.7 Å². The summed E-state index contributed by atoms with van der Waals surface area (Å²) in [6.07, 6.45) is 0.0751. The van der Waals surface area contributed by atoms with Gasteiger partial charge in [-0.15, -0.1) is 0 Å². The second-order valence-corrected chi connectivity index (χ2v) is 7.50. The Morgan fingerprint density at radius 1 is 1.06 bits per heavy atom. The first kappa shape index (κ1) is 23.2. The zero-order valence-corrected chi connectivity index (χ0v) is 18.8. The predicted molar refractivity (Wildman–Crippen MR) is 124 cm³/mol. The molecule has 8 heteroatoms. The van der Waals surface area contributed by atoms with Gasteiger partial charge in [0.2, 0.25) is 0 Å². The fourth-order valence-corrected chi connectivity index (χ4v) is 2.98. The van der Waals surface area contributed by atoms with Gasteiger partial charge >= 0.3 is 5.97 Å². The van der Waals surface area contributed by atoms with E-state index in [1.165, 1.54) is 6.21 Å². The van der Waals surface area contributed by atoms with E-state index in [0.717, 1.165) is 4.47 Å². The minimum atomic E-state index is -1.33. The number of hydrazone groups is 1. The van der Waals surface area contributed by atoms with Gasteiger partial charge in [-0.05, 0) is 60.5 Å². The molecule has 3 rings (SSSR count). The molecule has 0 aliphatic rings. The molecule has 0 aromatic heterocycles. The van der Waals surface area contributed by atoms with Gasteiger partial charge in [0.1, 0.15) is 0 Å². The maximum absolute atomic E-state index is 12.4. The third kappa shape index (κ3) is 6.26. The van der Waals surface area contributed by atoms with Crippen LogP contribution >= 0.6 is 15.9 Å². The van der Waals surface area contributed by atoms with Crippen molar-refractivity contribution in [1.82, 2.24) is 5.43 Å². The lowest BCUT2D eigenvalue weighted by atomic mass is 10.1. The van der Waals surface area contributed by atoms with Crippen LogP contribution in [0.15, 0.2) is 82.4 Å². The standard InChI is InChI=1S/C24H21BrN2O5/c1-2-31-21-14-16(15-26-27-23(29)22(28)17-6-4-3-5-7-17)8-13-20(21)32-24(30)18-9-11-19(25)12-10-18/h3-15,22,28H,2H2,1H3,(H,27,29)/b26-15-/t22-/m0/s1. The summed E-state index contributed by atoms with van der Waals surface area (Å²) in [5.41, 5.74) is 3.78. The van der Waals surface area contributed by atoms with Crippen LogP contribution in [-0.2, 0) is 4.79 Å². The summed E-state index contributed by atoms with van der Waals surface area (Å²) in [4.78, 5) is 24.5. The van der Waals surface area contributed by atoms with Gasteiger partial charge in [0.15, 0.2) is 17.6 Å². The van der Waals surface area contributed by atoms with Gasteiger partial charge in [-0.3, -0.25) is 4.79 Å². The molecule has 0 aliphatic carbocycles. The molecular weight excluding hydrogens is 476 g/mol. The van der Waals surface area contributed by atoms with E-state index in [0.29, 0.717) is 29.0 Å². The Hall–Kier alpha value is -3.49. The van der Waals surface area contributed by atoms with Crippen molar-refractivity contribution in [2.45, 2.75) is 13.0 Å². The Morgan fingerprint density at radius 3 is 2.47 bits per heavy atom. The lowest BCUT2D eigenvalue weighted by molar-refractivity contribution is -0.129. The molecule has 0 unspecified atom stereocenters. The molecular formula is C24H21BrN2O5. The number of hydrogen-bond donors (Lipinski definition) is 2. The minimum Gasteiger partial charge on any atom is -0.490 e. The van der Waals surface area contributed by atoms with Crippen LogP contribution in [0.4, 0.5) is 0 Å². The number of aliphatic hydroxyl groups excluding tert-OH is 1. The van der Waals surface area contributed by atoms with Crippen molar-refractivity contribution in [3.8, 4) is 11.5 Å². The quantitative estimate of drug-likeness (QED) is 0.210. The number of rotatable bonds is 8. The molecule has 2 N–H and O–H groups in total. The number of esters is 1. The van der Waals surface area contributed by atoms with E-state index >= 15 is 0 Å². The summed E-state index contributed by atoms with van der Waals surface area (Å²) in [6.45, 7) is 2.18. The van der Waals surface area contributed by atoms with E-state index in [2.05, 4.69) is 26.5 Å². The van der Waals surface area contributed by atoms with Gasteiger partial charge in [0.25, 0.3) is 5.91 Å². The molecule has 7 nitrogen and oxygen atoms in total. The van der Waals surface area contributed by atoms with Crippen molar-refractivity contribution >= 4 is 34.0 Å². The van der Waals surface area contributed by atoms with Crippen molar-refractivity contribution in [3.05, 3.63) is 94.0 Å². The topological polar surface area (TPSA) is 97.2 Å². The molecule has 3 aromatic rings. The van der Waals surface area contributed by atoms with E-state index in [-0.39, 0.29) is 5.75 Å². The highest BCUT2D eigenvalue weighted by atomic mass is 79.9. The number of nitrogens with one attached hydrogen (secondary N) is 1. The summed E-state index contributed by atoms with van der Waals surface area (Å²) in [7, 11) is 0. The van der Waals surface area contributed by atoms with Crippen LogP contribution in [0.25, 0.3) is 0 Å². The van der Waals surface area contributed by atoms with Gasteiger partial charge < -0.3 is 14.6 Å². The highest BCUT2D eigenvalue weighted by Gasteiger charge is 2.16. The van der Waals surface area contributed by atoms with Crippen molar-refractivity contribution in [1.29, 1.82) is 0 Å². The average molecular weight is 497 g/mol. The number of hydrogen-bond acceptors (Lipinski definition) is 6. The Bertz CT molecular complexity index is 1100. The number of carbonyl (C=O) groups is 2. The first-order chi connectivity index (χ1) is 15.5. The monoisotopic (exact) mass is 496 g/mol. The molecule has 164 valence electrons. The van der Waals surface area contributed by atoms with Crippen molar-refractivity contribution < 1.29 is 24.2 Å². The van der Waals surface area contributed by atoms with E-state index in [1.54, 1.807) is 72.8 Å². The van der Waals surface area contributed by atoms with E-state index in [1.807, 2.05) is 6.92 Å². The van der Waals surface area contributed by atoms with Gasteiger partial charge in [-0.25, -0.2) is 10.2 Å². The van der Waals surface area contributed by atoms with Gasteiger partial charge in [-0.1, -0.05) is 46.3 Å². The summed E-state index contributed by atoms with van der Waals surface area (Å²) in [6, 6.07) is 20.3. The van der Waals surface area contributed by atoms with Crippen LogP contribution in [0.3, 0.4) is 0 Å². The van der Waals surface area contributed by atoms with Crippen LogP contribution in [0.2, 0.25) is 0 Å². The lowest BCUT2D eigenvalue weighted by Gasteiger charge is -2.11. The highest BCUT2D eigenvalue weighted by Crippen LogP contribution is 2.29. The van der Waals surface area contributed by atoms with E-state index < -0.39 is 18.0 Å². The van der Waals surface area contributed by atoms with Gasteiger partial charge in [0.05, 0.1) is 18.4 Å². The summed E-state index contributed by atoms with van der Waals surface area (Å²) in [5, 5.41) is 14.0. The smallest absolute Gasteiger partial charge is 0.343 e. The van der Waals surface area contributed by atoms with Gasteiger partial charge in [0, 0.05) is 4.47 Å². The van der Waals surface area contributed by atoms with Gasteiger partial charge in [-0.2, -0.15) is 5.10 Å². The maximum Gasteiger partial charge on any atom is 0.343 e. The molecule has 0 spiro atoms. The second kappa shape index (κ2) is 11.2. The second-order valence-electron chi connectivity index (χ2n) is 6.58. The fourth-order valence-electron chi connectivity index (χ4n) is 2.72. The maximum atomic E-state index is 12.4. The minimum absolute atomic E-state index is 0.264. The number of nitrogens with zero attached hydrogens (tertiary/aromatic N) is 1. The van der Waals surface area contributed by atoms with Crippen molar-refractivity contribution in [2.24, 2.45) is 5.10 Å². The number of benzene rings is 3. The Labute approximate surface area is 193 Å². The molecule has 1 atom stereocenters. The van der Waals surface area contributed by atoms with Crippen LogP contribution in [-0.4, -0.2) is 29.8 Å². The first-order valence-electron chi connectivity index (χ1n) is 9.78. The number of ether oxygens (including phenoxy) is 2. The third-order valence-electron chi connectivity index (χ3n) is 4.30. The number of halogens is 1. The normalized spacial score (nSPS) is 11.7. The Morgan fingerprint density at radius 2 is 1.78 bits per heavy atom. The Kier molecular flexibility index (Phi) is 8.13. The Balaban J connectivity index is 1.67. The SMILES string of the molecule is CCOc1cc(/C=N\NC(=O)[C@@H](O)c2ccccc2)ccc1OC(=O)c1ccc(Br)cc1. The largest absolute Gasteiger partial charge is 0.490 e. The lowest BCUT2D eigenvalue weighted by Crippen LogP contribution is -2.25. The van der Waals surface area contributed by atoms with Crippen LogP contribution < -0.4 is 14.9 Å². The molecule has 0 heterocycles. The van der Waals surface area contributed by atoms with Crippen molar-refractivity contribution in [2.75, 3.05) is 6.61 Å². The molecule has 0 fully saturated rings. The molecule has 32 heavy (non-hydrogen) atoms. The number of amides is 1. The summed E-state index contributed by atoms with van der Waals surface area (Å²) >= 11 is 3.33. The fraction of sp³-hybridized carbons (Fsp3) is 0.125. The average Bonchev–Trinajstić information content (AvgIpc) is 2.81. The van der Waals surface area contributed by atoms with Crippen LogP contribution in [0.1, 0.15) is 34.5 Å². The third-order valence-corrected chi connectivity index (χ3v) is 4.83. The molecule has 3 aromatic carbocycles. The molecule has 0 aliphatic heterocycles. The highest BCUT2D eigenvalue weighted by molar-refractivity contribution is 9.10. The van der Waals surface area contributed by atoms with Crippen LogP contribution in [0.5, 0.6) is 11.5 Å². The first-order valence-corrected chi connectivity index (χ1v) is 10.6. The predicted octanol–water partition coefficient (Wildman–Crippen LogP) is 4.25. The summed E-state index contributed by atoms with van der Waals surface area (Å²) < 4.78 is 11.9. The zero-order chi connectivity index (χ0) is 22.9. The zero-order valence-electron chi connectivity index (χ0n) is 17.2. The molecule has 0 saturated carbocycles. The molecule has 0 saturated heterocycles. The number of carbonyl (C=O) groups excluding carboxylic acids is 2.